The molecule has 13 rings (SSSR count). The minimum absolute atomic E-state index is 0.270. The Morgan fingerprint density at radius 3 is 1.72 bits per heavy atom. The van der Waals surface area contributed by atoms with Crippen molar-refractivity contribution in [2.75, 3.05) is 4.90 Å². The summed E-state index contributed by atoms with van der Waals surface area (Å²) in [7, 11) is -3.78. The van der Waals surface area contributed by atoms with Gasteiger partial charge in [-0.1, -0.05) is 103 Å². The van der Waals surface area contributed by atoms with Crippen molar-refractivity contribution in [2.24, 2.45) is 23.7 Å². The molecule has 0 unspecified atom stereocenters. The lowest BCUT2D eigenvalue weighted by atomic mass is 9.42. The van der Waals surface area contributed by atoms with E-state index in [1.54, 1.807) is 0 Å². The number of fused-ring (bicyclic) bond motifs is 5. The van der Waals surface area contributed by atoms with E-state index in [9.17, 15) is 8.42 Å². The molecule has 0 radical (unpaired) electrons. The zero-order chi connectivity index (χ0) is 37.9. The summed E-state index contributed by atoms with van der Waals surface area (Å²) < 4.78 is 36.0. The Labute approximate surface area is 333 Å². The van der Waals surface area contributed by atoms with Gasteiger partial charge >= 0.3 is 0 Å². The van der Waals surface area contributed by atoms with Gasteiger partial charge in [-0.05, 0) is 150 Å². The molecular weight excluding hydrogens is 719 g/mol. The predicted molar refractivity (Wildman–Crippen MR) is 229 cm³/mol. The fraction of sp³-hybridized carbons (Fsp3) is 0.192. The van der Waals surface area contributed by atoms with E-state index in [1.807, 2.05) is 42.5 Å². The first kappa shape index (κ1) is 33.3. The third-order valence-electron chi connectivity index (χ3n) is 14.1. The lowest BCUT2D eigenvalue weighted by Crippen LogP contribution is -2.57. The molecule has 0 atom stereocenters. The van der Waals surface area contributed by atoms with Crippen molar-refractivity contribution in [1.29, 1.82) is 0 Å². The second-order valence-electron chi connectivity index (χ2n) is 17.0. The molecule has 1 aromatic heterocycles. The van der Waals surface area contributed by atoms with Crippen molar-refractivity contribution in [3.8, 4) is 22.3 Å². The van der Waals surface area contributed by atoms with Gasteiger partial charge in [0.1, 0.15) is 11.2 Å². The van der Waals surface area contributed by atoms with Gasteiger partial charge in [0.05, 0.1) is 9.79 Å². The van der Waals surface area contributed by atoms with Crippen molar-refractivity contribution in [2.45, 2.75) is 47.3 Å². The second-order valence-corrected chi connectivity index (χ2v) is 18.8. The van der Waals surface area contributed by atoms with Gasteiger partial charge in [-0.2, -0.15) is 0 Å². The van der Waals surface area contributed by atoms with Crippen LogP contribution in [0.5, 0.6) is 0 Å². The van der Waals surface area contributed by atoms with E-state index in [-0.39, 0.29) is 5.41 Å². The van der Waals surface area contributed by atoms with Gasteiger partial charge in [0, 0.05) is 33.2 Å². The van der Waals surface area contributed by atoms with Crippen LogP contribution in [0.1, 0.15) is 43.2 Å². The van der Waals surface area contributed by atoms with Crippen LogP contribution in [-0.4, -0.2) is 8.42 Å². The molecule has 0 saturated heterocycles. The van der Waals surface area contributed by atoms with Crippen LogP contribution < -0.4 is 4.90 Å². The maximum atomic E-state index is 14.9. The summed E-state index contributed by atoms with van der Waals surface area (Å²) >= 11 is 0. The van der Waals surface area contributed by atoms with E-state index in [4.69, 9.17) is 4.42 Å². The summed E-state index contributed by atoms with van der Waals surface area (Å²) in [5.74, 6) is 2.46. The smallest absolute Gasteiger partial charge is 0.207 e. The first-order valence-corrected chi connectivity index (χ1v) is 21.9. The second kappa shape index (κ2) is 12.3. The normalized spacial score (nSPS) is 23.8. The Hall–Kier alpha value is -5.91. The van der Waals surface area contributed by atoms with Crippen molar-refractivity contribution < 1.29 is 12.8 Å². The molecule has 57 heavy (non-hydrogen) atoms. The van der Waals surface area contributed by atoms with Gasteiger partial charge in [-0.25, -0.2) is 8.42 Å². The Morgan fingerprint density at radius 1 is 0.456 bits per heavy atom. The van der Waals surface area contributed by atoms with Gasteiger partial charge in [-0.15, -0.1) is 0 Å². The van der Waals surface area contributed by atoms with Gasteiger partial charge < -0.3 is 9.32 Å². The van der Waals surface area contributed by atoms with Gasteiger partial charge in [0.2, 0.25) is 9.84 Å². The van der Waals surface area contributed by atoms with Crippen LogP contribution in [0, 0.1) is 23.7 Å². The molecule has 5 aliphatic rings. The summed E-state index contributed by atoms with van der Waals surface area (Å²) in [5.41, 5.74) is 10.7. The van der Waals surface area contributed by atoms with E-state index in [1.165, 1.54) is 32.1 Å². The zero-order valence-corrected chi connectivity index (χ0v) is 32.3. The summed E-state index contributed by atoms with van der Waals surface area (Å²) in [4.78, 5) is 3.19. The topological polar surface area (TPSA) is 50.5 Å². The number of para-hydroxylation sites is 1. The van der Waals surface area contributed by atoms with E-state index < -0.39 is 9.84 Å². The van der Waals surface area contributed by atoms with E-state index >= 15 is 0 Å². The number of benzene rings is 7. The lowest BCUT2D eigenvalue weighted by Gasteiger charge is -2.63. The van der Waals surface area contributed by atoms with Crippen molar-refractivity contribution in [3.05, 3.63) is 175 Å². The Balaban J connectivity index is 1.00. The largest absolute Gasteiger partial charge is 0.456 e. The zero-order valence-electron chi connectivity index (χ0n) is 31.5. The van der Waals surface area contributed by atoms with E-state index in [0.29, 0.717) is 21.6 Å². The predicted octanol–water partition coefficient (Wildman–Crippen LogP) is 13.3. The average Bonchev–Trinajstić information content (AvgIpc) is 3.63. The van der Waals surface area contributed by atoms with Crippen molar-refractivity contribution >= 4 is 48.8 Å². The van der Waals surface area contributed by atoms with Gasteiger partial charge in [-0.3, -0.25) is 0 Å². The number of anilines is 3. The summed E-state index contributed by atoms with van der Waals surface area (Å²) in [5, 5.41) is 2.23. The molecule has 4 bridgehead atoms. The first-order chi connectivity index (χ1) is 27.9. The molecule has 0 amide bonds. The molecule has 1 spiro atoms. The first-order valence-electron chi connectivity index (χ1n) is 20.4. The number of furan rings is 1. The molecule has 4 saturated carbocycles. The third kappa shape index (κ3) is 4.88. The van der Waals surface area contributed by atoms with Gasteiger partial charge in [0.15, 0.2) is 0 Å². The van der Waals surface area contributed by atoms with Crippen LogP contribution >= 0.6 is 0 Å². The van der Waals surface area contributed by atoms with Crippen molar-refractivity contribution in [1.82, 2.24) is 0 Å². The Bertz CT molecular complexity index is 2950. The molecule has 5 heteroatoms. The molecular formula is C52H41NO3S. The molecule has 2 heterocycles. The Kier molecular flexibility index (Phi) is 7.17. The van der Waals surface area contributed by atoms with Crippen LogP contribution in [0.2, 0.25) is 0 Å². The molecule has 1 aliphatic heterocycles. The number of rotatable bonds is 5. The number of hydrogen-bond donors (Lipinski definition) is 0. The number of hydrogen-bond acceptors (Lipinski definition) is 4. The molecule has 7 aromatic carbocycles. The minimum atomic E-state index is -3.78. The monoisotopic (exact) mass is 759 g/mol. The van der Waals surface area contributed by atoms with Crippen LogP contribution in [0.15, 0.2) is 178 Å². The quantitative estimate of drug-likeness (QED) is 0.175. The van der Waals surface area contributed by atoms with Gasteiger partial charge in [0.25, 0.3) is 0 Å². The summed E-state index contributed by atoms with van der Waals surface area (Å²) in [6, 6.07) is 56.5. The lowest BCUT2D eigenvalue weighted by molar-refractivity contribution is -0.0446. The molecule has 4 nitrogen and oxygen atoms in total. The number of sulfone groups is 1. The third-order valence-corrected chi connectivity index (χ3v) is 15.9. The molecule has 0 N–H and O–H groups in total. The molecule has 4 fully saturated rings. The van der Waals surface area contributed by atoms with Crippen LogP contribution in [0.25, 0.3) is 44.2 Å². The van der Waals surface area contributed by atoms with E-state index in [2.05, 4.69) is 126 Å². The van der Waals surface area contributed by atoms with E-state index in [0.717, 1.165) is 84.2 Å². The highest BCUT2D eigenvalue weighted by Gasteiger charge is 2.62. The maximum Gasteiger partial charge on any atom is 0.207 e. The van der Waals surface area contributed by atoms with Crippen molar-refractivity contribution in [3.63, 3.8) is 0 Å². The fourth-order valence-electron chi connectivity index (χ4n) is 11.9. The summed E-state index contributed by atoms with van der Waals surface area (Å²) in [6.07, 6.45) is 6.12. The SMILES string of the molecule is O=S1(=O)c2ccccc2C2(c3ccc(N(c4ccc(-c5ccccc5)cc4)c4ccc(-c5ccc6c(c5)oc5ccccc56)cc4)cc31)C1CC3CC(C1)CC2C3. The van der Waals surface area contributed by atoms with Crippen LogP contribution in [0.4, 0.5) is 17.1 Å². The highest BCUT2D eigenvalue weighted by molar-refractivity contribution is 7.91. The maximum absolute atomic E-state index is 14.9. The standard InChI is InChI=1S/C52H41NO3S/c54-57(55)50-13-7-5-11-46(50)52(39-27-33-26-34(29-39)30-40(52)28-33)47-25-23-43(32-51(47)57)53(41-19-14-36(15-20-41)35-8-2-1-3-9-35)42-21-16-37(17-22-42)38-18-24-45-44-10-4-6-12-48(44)56-49(45)31-38/h1-25,31-34,39-40H,26-30H2. The average molecular weight is 760 g/mol. The van der Waals surface area contributed by atoms with Crippen LogP contribution in [0.3, 0.4) is 0 Å². The van der Waals surface area contributed by atoms with Crippen LogP contribution in [-0.2, 0) is 15.3 Å². The molecule has 4 aliphatic carbocycles. The Morgan fingerprint density at radius 2 is 1.00 bits per heavy atom. The minimum Gasteiger partial charge on any atom is -0.456 e. The highest BCUT2D eigenvalue weighted by Crippen LogP contribution is 2.68. The number of nitrogens with zero attached hydrogens (tertiary/aromatic N) is 1. The molecule has 8 aromatic rings. The summed E-state index contributed by atoms with van der Waals surface area (Å²) in [6.45, 7) is 0. The molecule has 278 valence electrons. The highest BCUT2D eigenvalue weighted by atomic mass is 32.2. The fourth-order valence-corrected chi connectivity index (χ4v) is 13.7.